The van der Waals surface area contributed by atoms with Crippen LogP contribution in [0.5, 0.6) is 0 Å². The number of rotatable bonds is 7. The maximum atomic E-state index is 14.1. The van der Waals surface area contributed by atoms with Crippen LogP contribution in [0.4, 0.5) is 4.79 Å². The second kappa shape index (κ2) is 20.6. The first-order valence-corrected chi connectivity index (χ1v) is 24.9. The third-order valence-electron chi connectivity index (χ3n) is 14.5. The van der Waals surface area contributed by atoms with E-state index in [1.54, 1.807) is 32.6 Å². The smallest absolute Gasteiger partial charge is 0.410 e. The van der Waals surface area contributed by atoms with Gasteiger partial charge in [0, 0.05) is 24.6 Å². The monoisotopic (exact) mass is 967 g/mol. The third-order valence-corrected chi connectivity index (χ3v) is 14.5. The SMILES string of the molecule is C[C@@H](C(=O)N[C@H]1CCO[C@H]2c3ccccc3C(C(=O)N[C@@H]3CCCc4ccccc43)N2C1=O)N(C)C(=O)OC(C)(C)C.N[C@H]1CCO[C@H]2c3ccccc3C(C(=O)N[C@@H]3CCCc4ccccc43)N2C1=O. The van der Waals surface area contributed by atoms with Gasteiger partial charge in [0.05, 0.1) is 31.3 Å². The number of amides is 6. The number of hydrogen-bond acceptors (Lipinski definition) is 10. The van der Waals surface area contributed by atoms with Crippen LogP contribution in [0.25, 0.3) is 0 Å². The van der Waals surface area contributed by atoms with Gasteiger partial charge in [0.1, 0.15) is 29.8 Å². The van der Waals surface area contributed by atoms with E-state index in [1.807, 2.05) is 78.9 Å². The van der Waals surface area contributed by atoms with Crippen molar-refractivity contribution >= 4 is 35.6 Å². The minimum atomic E-state index is -0.933. The van der Waals surface area contributed by atoms with Crippen molar-refractivity contribution in [3.05, 3.63) is 142 Å². The minimum absolute atomic E-state index is 0.0460. The third kappa shape index (κ3) is 10.0. The van der Waals surface area contributed by atoms with Crippen molar-refractivity contribution in [2.75, 3.05) is 20.3 Å². The van der Waals surface area contributed by atoms with Gasteiger partial charge in [-0.1, -0.05) is 97.1 Å². The molecular weight excluding hydrogens is 903 g/mol. The van der Waals surface area contributed by atoms with Crippen molar-refractivity contribution in [2.45, 2.75) is 139 Å². The van der Waals surface area contributed by atoms with Crippen molar-refractivity contribution in [1.82, 2.24) is 30.7 Å². The Morgan fingerprint density at radius 1 is 0.620 bits per heavy atom. The van der Waals surface area contributed by atoms with Gasteiger partial charge in [-0.25, -0.2) is 4.79 Å². The fourth-order valence-corrected chi connectivity index (χ4v) is 10.8. The highest BCUT2D eigenvalue weighted by Gasteiger charge is 2.51. The zero-order valence-corrected chi connectivity index (χ0v) is 41.1. The summed E-state index contributed by atoms with van der Waals surface area (Å²) in [6.07, 6.45) is 4.44. The van der Waals surface area contributed by atoms with Crippen LogP contribution < -0.4 is 21.7 Å². The summed E-state index contributed by atoms with van der Waals surface area (Å²) in [6, 6.07) is 27.1. The second-order valence-electron chi connectivity index (χ2n) is 20.3. The Balaban J connectivity index is 0.000000187. The Kier molecular flexibility index (Phi) is 14.3. The normalized spacial score (nSPS) is 25.7. The lowest BCUT2D eigenvalue weighted by atomic mass is 9.87. The summed E-state index contributed by atoms with van der Waals surface area (Å²) < 4.78 is 17.5. The van der Waals surface area contributed by atoms with Crippen LogP contribution in [0.3, 0.4) is 0 Å². The van der Waals surface area contributed by atoms with Crippen LogP contribution in [0.2, 0.25) is 0 Å². The summed E-state index contributed by atoms with van der Waals surface area (Å²) in [6.45, 7) is 7.41. The maximum Gasteiger partial charge on any atom is 0.410 e. The first-order chi connectivity index (χ1) is 34.1. The Morgan fingerprint density at radius 2 is 1.06 bits per heavy atom. The molecule has 2 fully saturated rings. The molecule has 6 aliphatic rings. The standard InChI is InChI=1S/C32H40N4O6.C23H25N3O3/c1-19(35(5)31(40)42-32(2,3)4)27(37)34-25-17-18-41-30-23-15-9-8-14-22(23)26(36(30)29(25)39)28(38)33-24-16-10-12-20-11-6-7-13-21(20)24;24-18-12-13-29-23-17-10-4-3-9-16(17)20(26(23)22(18)28)21(27)25-19-11-5-7-14-6-1-2-8-15(14)19/h6-9,11,13-15,19,24-26,30H,10,12,16-18H2,1-5H3,(H,33,38)(H,34,37);1-4,6,8-10,18-20,23H,5,7,11-13,24H2,(H,25,27)/t19-,24+,25-,26?,30-;18-,19+,20?,23-/m00/s1. The zero-order valence-electron chi connectivity index (χ0n) is 41.1. The molecule has 71 heavy (non-hydrogen) atoms. The van der Waals surface area contributed by atoms with E-state index in [4.69, 9.17) is 19.9 Å². The van der Waals surface area contributed by atoms with Gasteiger partial charge in [0.15, 0.2) is 12.5 Å². The number of nitrogens with two attached hydrogens (primary N) is 1. The van der Waals surface area contributed by atoms with Crippen LogP contribution in [0.1, 0.15) is 147 Å². The predicted octanol–water partition coefficient (Wildman–Crippen LogP) is 6.43. The molecule has 16 nitrogen and oxygen atoms in total. The number of nitrogens with zero attached hydrogens (tertiary/aromatic N) is 3. The molecular formula is C55H65N7O9. The molecule has 16 heteroatoms. The molecule has 0 saturated carbocycles. The Morgan fingerprint density at radius 3 is 1.55 bits per heavy atom. The van der Waals surface area contributed by atoms with Crippen molar-refractivity contribution in [1.29, 1.82) is 0 Å². The number of ether oxygens (including phenoxy) is 3. The summed E-state index contributed by atoms with van der Waals surface area (Å²) in [5.74, 6) is -1.59. The van der Waals surface area contributed by atoms with Crippen LogP contribution in [-0.4, -0.2) is 94.3 Å². The molecule has 10 rings (SSSR count). The summed E-state index contributed by atoms with van der Waals surface area (Å²) in [5, 5.41) is 9.24. The largest absolute Gasteiger partial charge is 0.444 e. The topological polar surface area (TPSA) is 202 Å². The molecule has 2 saturated heterocycles. The van der Waals surface area contributed by atoms with Gasteiger partial charge >= 0.3 is 6.09 Å². The maximum absolute atomic E-state index is 14.1. The molecule has 4 aromatic carbocycles. The fourth-order valence-electron chi connectivity index (χ4n) is 10.8. The first kappa shape index (κ1) is 49.4. The van der Waals surface area contributed by atoms with E-state index in [2.05, 4.69) is 34.1 Å². The van der Waals surface area contributed by atoms with E-state index in [9.17, 15) is 28.8 Å². The molecule has 4 aromatic rings. The average molecular weight is 968 g/mol. The molecule has 374 valence electrons. The predicted molar refractivity (Wildman–Crippen MR) is 263 cm³/mol. The van der Waals surface area contributed by atoms with Gasteiger partial charge in [0.25, 0.3) is 0 Å². The Bertz CT molecular complexity index is 2690. The van der Waals surface area contributed by atoms with E-state index in [0.717, 1.165) is 60.8 Å². The second-order valence-corrected chi connectivity index (χ2v) is 20.3. The lowest BCUT2D eigenvalue weighted by Gasteiger charge is -2.33. The summed E-state index contributed by atoms with van der Waals surface area (Å²) >= 11 is 0. The number of carbonyl (C=O) groups is 6. The average Bonchev–Trinajstić information content (AvgIpc) is 3.76. The van der Waals surface area contributed by atoms with Gasteiger partial charge < -0.3 is 35.9 Å². The van der Waals surface area contributed by atoms with Crippen LogP contribution in [0.15, 0.2) is 97.1 Å². The van der Waals surface area contributed by atoms with Crippen molar-refractivity contribution in [3.63, 3.8) is 0 Å². The van der Waals surface area contributed by atoms with Crippen molar-refractivity contribution < 1.29 is 43.0 Å². The molecule has 6 amide bonds. The Hall–Kier alpha value is -6.62. The highest BCUT2D eigenvalue weighted by molar-refractivity contribution is 5.96. The van der Waals surface area contributed by atoms with Gasteiger partial charge in [-0.15, -0.1) is 0 Å². The fraction of sp³-hybridized carbons (Fsp3) is 0.455. The van der Waals surface area contributed by atoms with E-state index in [0.29, 0.717) is 18.6 Å². The van der Waals surface area contributed by atoms with E-state index in [1.165, 1.54) is 33.5 Å². The van der Waals surface area contributed by atoms with Gasteiger partial charge in [-0.3, -0.25) is 38.7 Å². The molecule has 0 radical (unpaired) electrons. The lowest BCUT2D eigenvalue weighted by Crippen LogP contribution is -2.54. The molecule has 2 unspecified atom stereocenters. The van der Waals surface area contributed by atoms with Crippen molar-refractivity contribution in [3.8, 4) is 0 Å². The highest BCUT2D eigenvalue weighted by atomic mass is 16.6. The number of fused-ring (bicyclic) bond motifs is 8. The van der Waals surface area contributed by atoms with Gasteiger partial charge in [-0.2, -0.15) is 0 Å². The number of carbonyl (C=O) groups excluding carboxylic acids is 6. The lowest BCUT2D eigenvalue weighted by molar-refractivity contribution is -0.153. The molecule has 2 aliphatic carbocycles. The number of benzene rings is 4. The number of nitrogens with one attached hydrogen (secondary N) is 3. The molecule has 4 aliphatic heterocycles. The van der Waals surface area contributed by atoms with Crippen LogP contribution >= 0.6 is 0 Å². The zero-order chi connectivity index (χ0) is 50.1. The first-order valence-electron chi connectivity index (χ1n) is 24.9. The van der Waals surface area contributed by atoms with E-state index < -0.39 is 66.2 Å². The summed E-state index contributed by atoms with van der Waals surface area (Å²) in [4.78, 5) is 84.6. The number of aryl methyl sites for hydroxylation is 2. The van der Waals surface area contributed by atoms with Crippen LogP contribution in [-0.2, 0) is 51.0 Å². The highest BCUT2D eigenvalue weighted by Crippen LogP contribution is 2.47. The molecule has 0 bridgehead atoms. The van der Waals surface area contributed by atoms with Gasteiger partial charge in [0.2, 0.25) is 29.5 Å². The molecule has 0 aromatic heterocycles. The Labute approximate surface area is 414 Å². The van der Waals surface area contributed by atoms with Crippen molar-refractivity contribution in [2.24, 2.45) is 5.73 Å². The van der Waals surface area contributed by atoms with E-state index in [-0.39, 0.29) is 42.8 Å². The molecule has 5 N–H and O–H groups in total. The number of hydrogen-bond donors (Lipinski definition) is 4. The minimum Gasteiger partial charge on any atom is -0.444 e. The molecule has 4 heterocycles. The molecule has 0 spiro atoms. The molecule has 9 atom stereocenters. The number of likely N-dealkylation sites (N-methyl/N-ethyl adjacent to an activating group) is 1. The van der Waals surface area contributed by atoms with Gasteiger partial charge in [-0.05, 0) is 106 Å². The summed E-state index contributed by atoms with van der Waals surface area (Å²) in [5.41, 5.74) is 13.3. The summed E-state index contributed by atoms with van der Waals surface area (Å²) in [7, 11) is 1.48. The van der Waals surface area contributed by atoms with Crippen LogP contribution in [0, 0.1) is 0 Å². The van der Waals surface area contributed by atoms with E-state index >= 15 is 0 Å². The quantitative estimate of drug-likeness (QED) is 0.160.